The first kappa shape index (κ1) is 86.2. The number of hydrogen-bond donors (Lipinski definition) is 13. The van der Waals surface area contributed by atoms with Crippen molar-refractivity contribution in [3.63, 3.8) is 0 Å². The van der Waals surface area contributed by atoms with Crippen LogP contribution >= 0.6 is 27.5 Å². The SMILES string of the molecule is C=C1N=C(N)C(C)=CN1C1O[C@H](CCP(=C)(C)C)[C@@H](O)[C@H]1O.C=C1N=C(N)C(CO[Si](C)(C)C(C)(C)C)=CN1C1O[C@H](CCP(=C)(C)C)[C@@H](O)[C@H]1O.C=C1N=C(N)C=CN1C1O[C@H](CCP(=C)(C)C)[C@@H](O)C1(O)O.C=C1N=C(NC(C)=O)C(CC)=CN1C1O[C@H](CCP(=C)(C)C)[C@@H](O)[C@H]1O. The van der Waals surface area contributed by atoms with E-state index in [0.717, 1.165) is 35.8 Å². The van der Waals surface area contributed by atoms with Crippen molar-refractivity contribution in [3.05, 3.63) is 97.2 Å². The molecule has 0 bridgehead atoms. The smallest absolute Gasteiger partial charge is 0.239 e. The van der Waals surface area contributed by atoms with Crippen LogP contribution < -0.4 is 22.5 Å². The lowest BCUT2D eigenvalue weighted by atomic mass is 10.0. The lowest BCUT2D eigenvalue weighted by Crippen LogP contribution is -2.53. The second-order valence-corrected chi connectivity index (χ2v) is 53.1. The first-order valence-electron chi connectivity index (χ1n) is 33.4. The summed E-state index contributed by atoms with van der Waals surface area (Å²) in [6.45, 7) is 43.8. The molecule has 4 unspecified atom stereocenters. The third kappa shape index (κ3) is 23.3. The van der Waals surface area contributed by atoms with E-state index in [2.05, 4.69) is 164 Å². The maximum Gasteiger partial charge on any atom is 0.239 e. The zero-order valence-corrected chi connectivity index (χ0v) is 66.4. The number of nitrogens with one attached hydrogen (secondary N) is 1. The van der Waals surface area contributed by atoms with E-state index in [4.69, 9.17) is 40.6 Å². The van der Waals surface area contributed by atoms with E-state index >= 15 is 0 Å². The predicted molar refractivity (Wildman–Crippen MR) is 418 cm³/mol. The topological polar surface area (TPSA) is 398 Å². The zero-order chi connectivity index (χ0) is 76.1. The van der Waals surface area contributed by atoms with Crippen molar-refractivity contribution in [3.8, 4) is 0 Å². The maximum atomic E-state index is 11.3. The standard InChI is InChI=1S/C21H40N3O4PSi.C18H30N3O4P.C15H26N3O3P.C14H24N3O4P/c1-14-23-19(22)15(13-27-30(8,9)21(2,3)4)12-24(14)20-18(26)17(25)16(28-20)10-11-29(5,6)7;1-7-13-10-21(11(2)19-17(13)20-12(3)22)18-16(24)15(23)14(25-18)8-9-26(4,5)6;1-9-8-18(10(2)17-14(9)16)15-13(20)12(19)11(21-15)6-7-22(3,4)5;1-9-16-11(15)5-7-17(9)13-14(19,20)12(18)10(21-13)6-8-22(2,3)4/h12,16-18,20,25-26H,1,5,10-11,13H2,2-4,6-9H3,(H2,22,23);10,14-16,18,23-24H,2,4,7-9H2,1,3,5-6H3,(H,19,20,22);8,11-13,15,19-20H,2-3,6-7H2,1,4-5H3,(H2,16,17);5,7,10,12-13,18-20H,1-2,6,8H2,3-4H3,(H2,15,16)/t16-,17-,18-,20?;14-,15-,16-,18?;11-,12-,13-,15?;10-,12-,13?/m1111/s1. The molecule has 566 valence electrons. The Hall–Kier alpha value is -4.47. The van der Waals surface area contributed by atoms with Gasteiger partial charge in [-0.3, -0.25) is 4.79 Å². The van der Waals surface area contributed by atoms with Crippen molar-refractivity contribution in [2.24, 2.45) is 37.2 Å². The van der Waals surface area contributed by atoms with Crippen molar-refractivity contribution in [2.75, 3.05) is 84.6 Å². The van der Waals surface area contributed by atoms with Crippen LogP contribution in [0.4, 0.5) is 0 Å². The molecular weight excluding hydrogens is 1380 g/mol. The number of carbonyl (C=O) groups excluding carboxylic acids is 1. The Morgan fingerprint density at radius 3 is 1.34 bits per heavy atom. The van der Waals surface area contributed by atoms with Crippen molar-refractivity contribution in [1.82, 2.24) is 24.9 Å². The molecule has 15 atom stereocenters. The monoisotopic (exact) mass is 1500 g/mol. The molecule has 4 fully saturated rings. The third-order valence-electron chi connectivity index (χ3n) is 18.2. The van der Waals surface area contributed by atoms with Crippen molar-refractivity contribution < 1.29 is 74.1 Å². The quantitative estimate of drug-likeness (QED) is 0.0468. The molecule has 0 aromatic heterocycles. The molecule has 27 nitrogen and oxygen atoms in total. The molecular formula is C68H120N12O15P4Si. The summed E-state index contributed by atoms with van der Waals surface area (Å²) in [4.78, 5) is 34.4. The van der Waals surface area contributed by atoms with Crippen LogP contribution in [-0.4, -0.2) is 311 Å². The van der Waals surface area contributed by atoms with Crippen LogP contribution in [0.15, 0.2) is 117 Å². The van der Waals surface area contributed by atoms with Gasteiger partial charge in [0.1, 0.15) is 89.4 Å². The number of amides is 1. The number of aliphatic imine (C=N–C) groups is 4. The second kappa shape index (κ2) is 34.2. The molecule has 100 heavy (non-hydrogen) atoms. The van der Waals surface area contributed by atoms with E-state index in [9.17, 15) is 50.8 Å². The molecule has 4 saturated heterocycles. The molecule has 16 N–H and O–H groups in total. The number of aliphatic hydroxyl groups excluding tert-OH is 7. The average Bonchev–Trinajstić information content (AvgIpc) is 1.59. The highest BCUT2D eigenvalue weighted by Gasteiger charge is 2.57. The summed E-state index contributed by atoms with van der Waals surface area (Å²) in [5, 5.41) is 96.0. The number of rotatable bonds is 20. The van der Waals surface area contributed by atoms with Gasteiger partial charge < -0.3 is 111 Å². The normalized spacial score (nSPS) is 30.4. The molecule has 8 aliphatic heterocycles. The Labute approximate surface area is 595 Å². The van der Waals surface area contributed by atoms with Gasteiger partial charge in [0.25, 0.3) is 0 Å². The van der Waals surface area contributed by atoms with Gasteiger partial charge in [0, 0.05) is 48.4 Å². The highest BCUT2D eigenvalue weighted by molar-refractivity contribution is 7.73. The van der Waals surface area contributed by atoms with Crippen molar-refractivity contribution in [2.45, 2.75) is 190 Å². The van der Waals surface area contributed by atoms with Crippen LogP contribution in [0.3, 0.4) is 0 Å². The molecule has 8 heterocycles. The molecule has 1 amide bonds. The summed E-state index contributed by atoms with van der Waals surface area (Å²) >= 11 is 0. The van der Waals surface area contributed by atoms with E-state index in [1.54, 1.807) is 33.3 Å². The Kier molecular flexibility index (Phi) is 29.5. The third-order valence-corrected chi connectivity index (χ3v) is 28.6. The van der Waals surface area contributed by atoms with Crippen LogP contribution in [0.25, 0.3) is 0 Å². The van der Waals surface area contributed by atoms with Gasteiger partial charge in [-0.25, -0.2) is 20.0 Å². The summed E-state index contributed by atoms with van der Waals surface area (Å²) in [5.41, 5.74) is 19.7. The molecule has 0 aromatic carbocycles. The summed E-state index contributed by atoms with van der Waals surface area (Å²) in [6, 6.07) is 0. The van der Waals surface area contributed by atoms with Crippen LogP contribution in [0.1, 0.15) is 73.6 Å². The van der Waals surface area contributed by atoms with Gasteiger partial charge in [0.2, 0.25) is 11.7 Å². The number of carbonyl (C=O) groups is 1. The van der Waals surface area contributed by atoms with Gasteiger partial charge in [-0.05, 0) is 141 Å². The predicted octanol–water partition coefficient (Wildman–Crippen LogP) is 3.82. The van der Waals surface area contributed by atoms with E-state index in [1.165, 1.54) is 24.1 Å². The zero-order valence-electron chi connectivity index (χ0n) is 61.8. The number of nitrogens with two attached hydrogens (primary N) is 3. The van der Waals surface area contributed by atoms with E-state index in [1.807, 2.05) is 13.8 Å². The molecule has 0 aliphatic carbocycles. The van der Waals surface area contributed by atoms with Gasteiger partial charge in [0.05, 0.1) is 31.0 Å². The Morgan fingerprint density at radius 1 is 0.590 bits per heavy atom. The lowest BCUT2D eigenvalue weighted by Gasteiger charge is -2.37. The van der Waals surface area contributed by atoms with E-state index < -0.39 is 134 Å². The van der Waals surface area contributed by atoms with Crippen molar-refractivity contribution in [1.29, 1.82) is 0 Å². The molecule has 8 aliphatic rings. The van der Waals surface area contributed by atoms with Crippen LogP contribution in [0.5, 0.6) is 0 Å². The van der Waals surface area contributed by atoms with Gasteiger partial charge in [0.15, 0.2) is 33.2 Å². The van der Waals surface area contributed by atoms with E-state index in [0.29, 0.717) is 79.3 Å². The molecule has 0 saturated carbocycles. The Morgan fingerprint density at radius 2 is 0.960 bits per heavy atom. The summed E-state index contributed by atoms with van der Waals surface area (Å²) in [6.07, 6.45) is 18.5. The van der Waals surface area contributed by atoms with Crippen LogP contribution in [-0.2, 0) is 28.2 Å². The molecule has 0 radical (unpaired) electrons. The van der Waals surface area contributed by atoms with Gasteiger partial charge >= 0.3 is 0 Å². The van der Waals surface area contributed by atoms with E-state index in [-0.39, 0.29) is 22.6 Å². The summed E-state index contributed by atoms with van der Waals surface area (Å²) in [7, 11) is -1.97. The fourth-order valence-corrected chi connectivity index (χ4v) is 15.8. The van der Waals surface area contributed by atoms with Crippen LogP contribution in [0, 0.1) is 0 Å². The number of aliphatic hydroxyl groups is 9. The number of nitrogens with zero attached hydrogens (tertiary/aromatic N) is 8. The first-order valence-corrected chi connectivity index (χ1v) is 48.5. The summed E-state index contributed by atoms with van der Waals surface area (Å²) < 4.78 is 29.8. The van der Waals surface area contributed by atoms with Gasteiger partial charge in [-0.15, -0.1) is 52.7 Å². The lowest BCUT2D eigenvalue weighted by molar-refractivity contribution is -0.251. The van der Waals surface area contributed by atoms with Gasteiger partial charge in [-0.1, -0.05) is 54.0 Å². The highest BCUT2D eigenvalue weighted by atomic mass is 31.2. The minimum absolute atomic E-state index is 0.0735. The number of ether oxygens (including phenoxy) is 4. The largest absolute Gasteiger partial charge is 0.412 e. The van der Waals surface area contributed by atoms with Gasteiger partial charge in [-0.2, -0.15) is 0 Å². The van der Waals surface area contributed by atoms with Crippen LogP contribution in [0.2, 0.25) is 18.1 Å². The summed E-state index contributed by atoms with van der Waals surface area (Å²) in [5.74, 6) is 0.145. The Balaban J connectivity index is 0.000000242. The molecule has 0 spiro atoms. The number of hydrogen-bond acceptors (Lipinski definition) is 26. The molecule has 8 rings (SSSR count). The van der Waals surface area contributed by atoms with Crippen molar-refractivity contribution >= 4 is 90.3 Å². The fraction of sp³-hybridized carbons (Fsp3) is 0.632. The minimum Gasteiger partial charge on any atom is -0.412 e. The maximum absolute atomic E-state index is 11.3. The number of amidine groups is 4. The average molecular weight is 1500 g/mol. The highest BCUT2D eigenvalue weighted by Crippen LogP contribution is 2.45. The second-order valence-electron chi connectivity index (χ2n) is 31.0. The molecule has 32 heteroatoms. The molecule has 0 aromatic rings. The fourth-order valence-electron chi connectivity index (χ4n) is 11.0. The Bertz CT molecular complexity index is 3470. The first-order chi connectivity index (χ1) is 45.7. The minimum atomic E-state index is -2.43.